The molecule has 0 fully saturated rings. The molecule has 0 heterocycles. The Morgan fingerprint density at radius 1 is 1.00 bits per heavy atom. The van der Waals surface area contributed by atoms with Crippen LogP contribution in [0.5, 0.6) is 11.5 Å². The van der Waals surface area contributed by atoms with Crippen molar-refractivity contribution in [1.82, 2.24) is 0 Å². The molecule has 0 saturated carbocycles. The van der Waals surface area contributed by atoms with E-state index in [2.05, 4.69) is 27.9 Å². The summed E-state index contributed by atoms with van der Waals surface area (Å²) in [6.07, 6.45) is 0.269. The van der Waals surface area contributed by atoms with Gasteiger partial charge in [0, 0.05) is 28.0 Å². The van der Waals surface area contributed by atoms with Gasteiger partial charge in [-0.05, 0) is 46.9 Å². The molecular weight excluding hydrogens is 421 g/mol. The zero-order chi connectivity index (χ0) is 17.5. The Morgan fingerprint density at radius 2 is 1.71 bits per heavy atom. The molecule has 6 heteroatoms. The lowest BCUT2D eigenvalue weighted by Gasteiger charge is -2.11. The Bertz CT molecular complexity index is 728. The molecule has 0 aliphatic rings. The van der Waals surface area contributed by atoms with Crippen LogP contribution in [0.2, 0.25) is 0 Å². The van der Waals surface area contributed by atoms with Gasteiger partial charge in [0.1, 0.15) is 11.5 Å². The van der Waals surface area contributed by atoms with Crippen molar-refractivity contribution >= 4 is 40.0 Å². The minimum Gasteiger partial charge on any atom is -0.497 e. The average Bonchev–Trinajstić information content (AvgIpc) is 2.60. The number of ketones is 1. The van der Waals surface area contributed by atoms with Crippen LogP contribution in [0.3, 0.4) is 0 Å². The van der Waals surface area contributed by atoms with Crippen molar-refractivity contribution in [2.24, 2.45) is 0 Å². The van der Waals surface area contributed by atoms with Gasteiger partial charge in [-0.15, -0.1) is 0 Å². The summed E-state index contributed by atoms with van der Waals surface area (Å²) in [6.45, 7) is 0. The lowest BCUT2D eigenvalue weighted by molar-refractivity contribution is -0.116. The highest BCUT2D eigenvalue weighted by molar-refractivity contribution is 14.1. The molecule has 1 N–H and O–H groups in total. The van der Waals surface area contributed by atoms with Gasteiger partial charge in [0.25, 0.3) is 0 Å². The first kappa shape index (κ1) is 18.3. The van der Waals surface area contributed by atoms with Gasteiger partial charge >= 0.3 is 0 Å². The highest BCUT2D eigenvalue weighted by Gasteiger charge is 2.12. The van der Waals surface area contributed by atoms with Crippen LogP contribution >= 0.6 is 22.6 Å². The van der Waals surface area contributed by atoms with Gasteiger partial charge in [0.2, 0.25) is 5.91 Å². The first-order chi connectivity index (χ1) is 11.5. The van der Waals surface area contributed by atoms with Crippen molar-refractivity contribution in [3.05, 3.63) is 51.6 Å². The van der Waals surface area contributed by atoms with Gasteiger partial charge in [-0.25, -0.2) is 0 Å². The van der Waals surface area contributed by atoms with Crippen LogP contribution in [-0.2, 0) is 4.79 Å². The molecule has 0 saturated heterocycles. The quantitative estimate of drug-likeness (QED) is 0.525. The predicted molar refractivity (Wildman–Crippen MR) is 101 cm³/mol. The molecule has 0 atom stereocenters. The number of methoxy groups -OCH3 is 2. The second-order valence-corrected chi connectivity index (χ2v) is 6.29. The van der Waals surface area contributed by atoms with Crippen LogP contribution in [-0.4, -0.2) is 25.9 Å². The first-order valence-corrected chi connectivity index (χ1v) is 8.42. The molecule has 1 amide bonds. The summed E-state index contributed by atoms with van der Waals surface area (Å²) in [5, 5.41) is 2.76. The van der Waals surface area contributed by atoms with Crippen molar-refractivity contribution in [3.8, 4) is 11.5 Å². The minimum absolute atomic E-state index is 0.0526. The molecule has 0 bridgehead atoms. The van der Waals surface area contributed by atoms with Crippen molar-refractivity contribution in [1.29, 1.82) is 0 Å². The van der Waals surface area contributed by atoms with E-state index in [0.29, 0.717) is 22.7 Å². The second kappa shape index (κ2) is 8.68. The molecule has 2 aromatic rings. The van der Waals surface area contributed by atoms with Gasteiger partial charge in [0.05, 0.1) is 19.9 Å². The Balaban J connectivity index is 1.93. The summed E-state index contributed by atoms with van der Waals surface area (Å²) in [4.78, 5) is 24.2. The Hall–Kier alpha value is -2.09. The smallest absolute Gasteiger partial charge is 0.224 e. The summed E-state index contributed by atoms with van der Waals surface area (Å²) in [7, 11) is 3.08. The fourth-order valence-electron chi connectivity index (χ4n) is 2.12. The van der Waals surface area contributed by atoms with E-state index < -0.39 is 0 Å². The van der Waals surface area contributed by atoms with Crippen LogP contribution in [0.4, 0.5) is 5.69 Å². The molecule has 126 valence electrons. The van der Waals surface area contributed by atoms with Crippen molar-refractivity contribution in [2.45, 2.75) is 12.8 Å². The topological polar surface area (TPSA) is 64.6 Å². The summed E-state index contributed by atoms with van der Waals surface area (Å²) in [6, 6.07) is 12.4. The summed E-state index contributed by atoms with van der Waals surface area (Å²) in [5.74, 6) is 0.853. The number of carbonyl (C=O) groups is 2. The maximum Gasteiger partial charge on any atom is 0.224 e. The number of anilines is 1. The van der Waals surface area contributed by atoms with Crippen molar-refractivity contribution in [3.63, 3.8) is 0 Å². The molecule has 0 aromatic heterocycles. The van der Waals surface area contributed by atoms with E-state index in [1.807, 2.05) is 12.1 Å². The Morgan fingerprint density at radius 3 is 2.33 bits per heavy atom. The minimum atomic E-state index is -0.239. The van der Waals surface area contributed by atoms with E-state index in [1.54, 1.807) is 37.4 Å². The third-order valence-corrected chi connectivity index (χ3v) is 4.15. The zero-order valence-corrected chi connectivity index (χ0v) is 15.6. The number of amides is 1. The largest absolute Gasteiger partial charge is 0.497 e. The van der Waals surface area contributed by atoms with E-state index in [0.717, 1.165) is 3.57 Å². The third-order valence-electron chi connectivity index (χ3n) is 3.43. The maximum atomic E-state index is 12.1. The van der Waals surface area contributed by atoms with Crippen LogP contribution in [0, 0.1) is 3.57 Å². The fourth-order valence-corrected chi connectivity index (χ4v) is 2.48. The molecule has 0 radical (unpaired) electrons. The van der Waals surface area contributed by atoms with E-state index in [9.17, 15) is 9.59 Å². The van der Waals surface area contributed by atoms with E-state index >= 15 is 0 Å². The number of carbonyl (C=O) groups excluding carboxylic acids is 2. The molecule has 0 unspecified atom stereocenters. The Kier molecular flexibility index (Phi) is 6.60. The SMILES string of the molecule is COc1ccc(NC(=O)CCC(=O)c2ccc(I)cc2)c(OC)c1. The molecular formula is C18H18INO4. The molecule has 2 rings (SSSR count). The first-order valence-electron chi connectivity index (χ1n) is 7.34. The number of benzene rings is 2. The van der Waals surface area contributed by atoms with Gasteiger partial charge < -0.3 is 14.8 Å². The molecule has 2 aromatic carbocycles. The predicted octanol–water partition coefficient (Wildman–Crippen LogP) is 3.91. The number of Topliss-reactive ketones (excluding diaryl/α,β-unsaturated/α-hetero) is 1. The molecule has 5 nitrogen and oxygen atoms in total. The van der Waals surface area contributed by atoms with E-state index in [4.69, 9.17) is 9.47 Å². The van der Waals surface area contributed by atoms with E-state index in [-0.39, 0.29) is 24.5 Å². The van der Waals surface area contributed by atoms with Crippen molar-refractivity contribution in [2.75, 3.05) is 19.5 Å². The van der Waals surface area contributed by atoms with Gasteiger partial charge in [-0.1, -0.05) is 12.1 Å². The zero-order valence-electron chi connectivity index (χ0n) is 13.5. The van der Waals surface area contributed by atoms with Crippen LogP contribution in [0.25, 0.3) is 0 Å². The van der Waals surface area contributed by atoms with Crippen molar-refractivity contribution < 1.29 is 19.1 Å². The lowest BCUT2D eigenvalue weighted by atomic mass is 10.1. The van der Waals surface area contributed by atoms with Gasteiger partial charge in [-0.3, -0.25) is 9.59 Å². The van der Waals surface area contributed by atoms with Gasteiger partial charge in [0.15, 0.2) is 5.78 Å². The fraction of sp³-hybridized carbons (Fsp3) is 0.222. The van der Waals surface area contributed by atoms with Gasteiger partial charge in [-0.2, -0.15) is 0 Å². The number of hydrogen-bond donors (Lipinski definition) is 1. The molecule has 0 spiro atoms. The number of hydrogen-bond acceptors (Lipinski definition) is 4. The maximum absolute atomic E-state index is 12.1. The molecule has 24 heavy (non-hydrogen) atoms. The molecule has 0 aliphatic carbocycles. The monoisotopic (exact) mass is 439 g/mol. The normalized spacial score (nSPS) is 10.1. The number of nitrogens with one attached hydrogen (secondary N) is 1. The van der Waals surface area contributed by atoms with Crippen LogP contribution < -0.4 is 14.8 Å². The van der Waals surface area contributed by atoms with Crippen LogP contribution in [0.1, 0.15) is 23.2 Å². The summed E-state index contributed by atoms with van der Waals surface area (Å²) in [5.41, 5.74) is 1.16. The highest BCUT2D eigenvalue weighted by Crippen LogP contribution is 2.29. The third kappa shape index (κ3) is 4.95. The second-order valence-electron chi connectivity index (χ2n) is 5.04. The Labute approximate surface area is 154 Å². The van der Waals surface area contributed by atoms with Crippen LogP contribution in [0.15, 0.2) is 42.5 Å². The van der Waals surface area contributed by atoms with E-state index in [1.165, 1.54) is 7.11 Å². The standard InChI is InChI=1S/C18H18INO4/c1-23-14-7-8-15(17(11-14)24-2)20-18(22)10-9-16(21)12-3-5-13(19)6-4-12/h3-8,11H,9-10H2,1-2H3,(H,20,22). The molecule has 0 aliphatic heterocycles. The average molecular weight is 439 g/mol. The lowest BCUT2D eigenvalue weighted by Crippen LogP contribution is -2.14. The number of ether oxygens (including phenoxy) is 2. The summed E-state index contributed by atoms with van der Waals surface area (Å²) < 4.78 is 11.4. The summed E-state index contributed by atoms with van der Waals surface area (Å²) >= 11 is 2.18. The number of halogens is 1. The number of rotatable bonds is 7. The highest BCUT2D eigenvalue weighted by atomic mass is 127.